The summed E-state index contributed by atoms with van der Waals surface area (Å²) in [4.78, 5) is 18.7. The molecule has 2 aliphatic heterocycles. The smallest absolute Gasteiger partial charge is 0.254 e. The van der Waals surface area contributed by atoms with Gasteiger partial charge in [-0.3, -0.25) is 9.69 Å². The van der Waals surface area contributed by atoms with Crippen molar-refractivity contribution in [3.8, 4) is 5.75 Å². The molecule has 3 N–H and O–H groups in total. The van der Waals surface area contributed by atoms with E-state index in [1.807, 2.05) is 36.4 Å². The highest BCUT2D eigenvalue weighted by Crippen LogP contribution is 2.79. The summed E-state index contributed by atoms with van der Waals surface area (Å²) in [5, 5.41) is 10.7. The number of nitrogens with zero attached hydrogens (tertiary/aromatic N) is 2. The van der Waals surface area contributed by atoms with Gasteiger partial charge in [0.25, 0.3) is 5.91 Å². The van der Waals surface area contributed by atoms with Crippen LogP contribution >= 0.6 is 0 Å². The Morgan fingerprint density at radius 2 is 1.97 bits per heavy atom. The van der Waals surface area contributed by atoms with Gasteiger partial charge in [0, 0.05) is 48.7 Å². The van der Waals surface area contributed by atoms with Gasteiger partial charge in [0.15, 0.2) is 0 Å². The third-order valence-corrected chi connectivity index (χ3v) is 11.1. The minimum Gasteiger partial charge on any atom is -0.508 e. The van der Waals surface area contributed by atoms with Crippen LogP contribution in [0.3, 0.4) is 0 Å². The zero-order valence-electron chi connectivity index (χ0n) is 21.7. The Kier molecular flexibility index (Phi) is 4.80. The molecule has 0 aromatic heterocycles. The van der Waals surface area contributed by atoms with Crippen molar-refractivity contribution >= 4 is 5.91 Å². The van der Waals surface area contributed by atoms with Crippen molar-refractivity contribution in [2.75, 3.05) is 19.6 Å². The maximum atomic E-state index is 13.8. The first-order valence-electron chi connectivity index (χ1n) is 14.0. The van der Waals surface area contributed by atoms with Gasteiger partial charge in [0.05, 0.1) is 0 Å². The number of phenolic OH excluding ortho intramolecular Hbond substituents is 1. The Labute approximate surface area is 214 Å². The maximum Gasteiger partial charge on any atom is 0.254 e. The molecule has 0 radical (unpaired) electrons. The molecule has 1 amide bonds. The number of rotatable bonds is 4. The first-order valence-corrected chi connectivity index (χ1v) is 14.0. The standard InChI is InChI=1S/C31H39N3O2/c1-4-26-27-21(16-34(26)29(36)19-8-6-5-7-9-19)14-30(3)28-23-12-20-10-11-22(35)13-24(20)31(27,30)25(23)17-33(28)15-18(2)32/h5-11,13,18,21,23,25-28,35H,4,12,14-17,32H2,1-3H3/t18-,21+,23?,25?,26?,27?,28?,30?,31?/m0/s1. The van der Waals surface area contributed by atoms with Crippen LogP contribution in [0.1, 0.15) is 55.1 Å². The molecule has 5 aliphatic rings. The normalized spacial score (nSPS) is 40.7. The summed E-state index contributed by atoms with van der Waals surface area (Å²) in [6.45, 7) is 9.85. The molecular formula is C31H39N3O2. The highest BCUT2D eigenvalue weighted by molar-refractivity contribution is 5.94. The average Bonchev–Trinajstić information content (AvgIpc) is 3.50. The number of amides is 1. The second-order valence-electron chi connectivity index (χ2n) is 12.8. The molecule has 190 valence electrons. The number of piperidine rings is 1. The monoisotopic (exact) mass is 485 g/mol. The Hall–Kier alpha value is -2.37. The summed E-state index contributed by atoms with van der Waals surface area (Å²) in [5.74, 6) is 2.66. The number of carbonyl (C=O) groups excluding carboxylic acids is 1. The fraction of sp³-hybridized carbons (Fsp3) is 0.581. The summed E-state index contributed by atoms with van der Waals surface area (Å²) in [7, 11) is 0. The third-order valence-electron chi connectivity index (χ3n) is 11.1. The number of hydrogen-bond donors (Lipinski definition) is 2. The van der Waals surface area contributed by atoms with Crippen LogP contribution in [0.5, 0.6) is 5.75 Å². The molecule has 3 aliphatic carbocycles. The van der Waals surface area contributed by atoms with E-state index < -0.39 is 0 Å². The topological polar surface area (TPSA) is 69.8 Å². The number of phenols is 1. The summed E-state index contributed by atoms with van der Waals surface area (Å²) in [5.41, 5.74) is 10.1. The second kappa shape index (κ2) is 7.58. The summed E-state index contributed by atoms with van der Waals surface area (Å²) in [6, 6.07) is 16.9. The van der Waals surface area contributed by atoms with Gasteiger partial charge in [-0.15, -0.1) is 0 Å². The Morgan fingerprint density at radius 1 is 1.19 bits per heavy atom. The molecule has 36 heavy (non-hydrogen) atoms. The first-order chi connectivity index (χ1) is 17.3. The van der Waals surface area contributed by atoms with Gasteiger partial charge in [0.2, 0.25) is 0 Å². The Balaban J connectivity index is 1.38. The zero-order valence-corrected chi connectivity index (χ0v) is 21.7. The van der Waals surface area contributed by atoms with Crippen LogP contribution in [0.15, 0.2) is 48.5 Å². The molecule has 2 aromatic carbocycles. The molecule has 5 heteroatoms. The molecular weight excluding hydrogens is 446 g/mol. The van der Waals surface area contributed by atoms with Crippen molar-refractivity contribution in [1.82, 2.24) is 9.80 Å². The van der Waals surface area contributed by atoms with E-state index in [-0.39, 0.29) is 28.8 Å². The van der Waals surface area contributed by atoms with E-state index in [2.05, 4.69) is 42.7 Å². The molecule has 2 saturated heterocycles. The molecule has 7 unspecified atom stereocenters. The van der Waals surface area contributed by atoms with Crippen LogP contribution in [0.2, 0.25) is 0 Å². The number of carbonyl (C=O) groups is 1. The van der Waals surface area contributed by atoms with Crippen LogP contribution in [-0.2, 0) is 11.8 Å². The third kappa shape index (κ3) is 2.61. The Bertz CT molecular complexity index is 1210. The highest BCUT2D eigenvalue weighted by atomic mass is 16.3. The summed E-state index contributed by atoms with van der Waals surface area (Å²) in [6.07, 6.45) is 3.21. The van der Waals surface area contributed by atoms with Gasteiger partial charge in [-0.25, -0.2) is 0 Å². The van der Waals surface area contributed by atoms with Crippen LogP contribution in [0.25, 0.3) is 0 Å². The number of likely N-dealkylation sites (tertiary alicyclic amines) is 2. The van der Waals surface area contributed by atoms with Gasteiger partial charge in [-0.2, -0.15) is 0 Å². The van der Waals surface area contributed by atoms with Crippen LogP contribution in [0.4, 0.5) is 0 Å². The second-order valence-corrected chi connectivity index (χ2v) is 12.8. The highest BCUT2D eigenvalue weighted by Gasteiger charge is 2.81. The summed E-state index contributed by atoms with van der Waals surface area (Å²) < 4.78 is 0. The molecule has 2 saturated carbocycles. The van der Waals surface area contributed by atoms with Crippen molar-refractivity contribution in [3.63, 3.8) is 0 Å². The van der Waals surface area contributed by atoms with Gasteiger partial charge in [-0.1, -0.05) is 38.1 Å². The van der Waals surface area contributed by atoms with Crippen molar-refractivity contribution < 1.29 is 9.90 Å². The Morgan fingerprint density at radius 3 is 2.69 bits per heavy atom. The van der Waals surface area contributed by atoms with E-state index >= 15 is 0 Å². The van der Waals surface area contributed by atoms with E-state index in [9.17, 15) is 9.90 Å². The van der Waals surface area contributed by atoms with Crippen molar-refractivity contribution in [2.24, 2.45) is 34.8 Å². The van der Waals surface area contributed by atoms with Gasteiger partial charge in [-0.05, 0) is 90.7 Å². The molecule has 4 bridgehead atoms. The fourth-order valence-electron chi connectivity index (χ4n) is 10.7. The molecule has 4 fully saturated rings. The number of aromatic hydroxyl groups is 1. The quantitative estimate of drug-likeness (QED) is 0.686. The molecule has 1 spiro atoms. The van der Waals surface area contributed by atoms with Gasteiger partial charge < -0.3 is 15.7 Å². The van der Waals surface area contributed by atoms with Crippen molar-refractivity contribution in [3.05, 3.63) is 65.2 Å². The number of nitrogens with two attached hydrogens (primary N) is 1. The van der Waals surface area contributed by atoms with E-state index in [1.165, 1.54) is 11.1 Å². The van der Waals surface area contributed by atoms with Gasteiger partial charge >= 0.3 is 0 Å². The zero-order chi connectivity index (χ0) is 25.0. The number of benzene rings is 2. The number of hydrogen-bond acceptors (Lipinski definition) is 4. The summed E-state index contributed by atoms with van der Waals surface area (Å²) >= 11 is 0. The fourth-order valence-corrected chi connectivity index (χ4v) is 10.7. The van der Waals surface area contributed by atoms with E-state index in [1.54, 1.807) is 0 Å². The molecule has 5 nitrogen and oxygen atoms in total. The number of fused-ring (bicyclic) bond motifs is 3. The molecule has 9 atom stereocenters. The van der Waals surface area contributed by atoms with Gasteiger partial charge in [0.1, 0.15) is 5.75 Å². The lowest BCUT2D eigenvalue weighted by molar-refractivity contribution is -0.00893. The lowest BCUT2D eigenvalue weighted by Gasteiger charge is -2.56. The van der Waals surface area contributed by atoms with Crippen LogP contribution < -0.4 is 5.73 Å². The van der Waals surface area contributed by atoms with Crippen molar-refractivity contribution in [1.29, 1.82) is 0 Å². The molecule has 2 aromatic rings. The van der Waals surface area contributed by atoms with E-state index in [4.69, 9.17) is 5.73 Å². The van der Waals surface area contributed by atoms with E-state index in [0.29, 0.717) is 35.5 Å². The molecule has 7 rings (SSSR count). The SMILES string of the molecule is CCC1C2[C@@H](CN1C(=O)c1ccccc1)CC1(C)C3C4Cc5ccc(O)cc5C21C4CN3C[C@H](C)N. The lowest BCUT2D eigenvalue weighted by Crippen LogP contribution is -2.61. The minimum absolute atomic E-state index is 0.0000541. The largest absolute Gasteiger partial charge is 0.508 e. The van der Waals surface area contributed by atoms with Crippen LogP contribution in [-0.4, -0.2) is 58.6 Å². The minimum atomic E-state index is 0.0000541. The lowest BCUT2D eigenvalue weighted by atomic mass is 9.52. The van der Waals surface area contributed by atoms with Crippen LogP contribution in [0, 0.1) is 29.1 Å². The predicted molar refractivity (Wildman–Crippen MR) is 141 cm³/mol. The average molecular weight is 486 g/mol. The van der Waals surface area contributed by atoms with Crippen molar-refractivity contribution in [2.45, 2.75) is 63.6 Å². The first kappa shape index (κ1) is 22.8. The maximum absolute atomic E-state index is 13.8. The van der Waals surface area contributed by atoms with E-state index in [0.717, 1.165) is 44.5 Å². The molecule has 2 heterocycles. The predicted octanol–water partition coefficient (Wildman–Crippen LogP) is 4.04.